The molecule has 0 radical (unpaired) electrons. The van der Waals surface area contributed by atoms with Crippen molar-refractivity contribution in [2.45, 2.75) is 105 Å². The van der Waals surface area contributed by atoms with Crippen LogP contribution in [-0.2, 0) is 19.0 Å². The highest BCUT2D eigenvalue weighted by Crippen LogP contribution is 2.41. The maximum absolute atomic E-state index is 13.3. The summed E-state index contributed by atoms with van der Waals surface area (Å²) in [6, 6.07) is -3.49. The van der Waals surface area contributed by atoms with E-state index in [0.29, 0.717) is 25.3 Å². The minimum absolute atomic E-state index is 0.00978. The molecule has 1 saturated heterocycles. The van der Waals surface area contributed by atoms with Crippen LogP contribution in [0.1, 0.15) is 32.6 Å². The molecule has 17 N–H and O–H groups in total. The van der Waals surface area contributed by atoms with E-state index in [9.17, 15) is 25.2 Å². The van der Waals surface area contributed by atoms with Gasteiger partial charge in [0.15, 0.2) is 17.9 Å². The van der Waals surface area contributed by atoms with Gasteiger partial charge in [0.25, 0.3) is 5.91 Å². The van der Waals surface area contributed by atoms with Crippen LogP contribution in [0.2, 0.25) is 0 Å². The van der Waals surface area contributed by atoms with E-state index in [-0.39, 0.29) is 38.0 Å². The molecule has 252 valence electrons. The summed E-state index contributed by atoms with van der Waals surface area (Å²) in [5.41, 5.74) is 25.9. The molecule has 0 bridgehead atoms. The third-order valence-electron chi connectivity index (χ3n) is 9.14. The lowest BCUT2D eigenvalue weighted by atomic mass is 9.72. The van der Waals surface area contributed by atoms with Gasteiger partial charge in [-0.15, -0.1) is 0 Å². The third-order valence-corrected chi connectivity index (χ3v) is 9.14. The van der Waals surface area contributed by atoms with Crippen LogP contribution in [0.5, 0.6) is 0 Å². The van der Waals surface area contributed by atoms with Crippen molar-refractivity contribution in [3.8, 4) is 0 Å². The molecule has 13 unspecified atom stereocenters. The molecule has 17 heteroatoms. The van der Waals surface area contributed by atoms with Crippen LogP contribution in [0.25, 0.3) is 0 Å². The molecular weight excluding hydrogens is 578 g/mol. The van der Waals surface area contributed by atoms with Crippen molar-refractivity contribution < 1.29 is 39.4 Å². The number of nitrogens with two attached hydrogens (primary N) is 5. The number of nitrogens with zero attached hydrogens (tertiary/aromatic N) is 1. The standard InChI is InChI=1S/C27H51N9O8/c1-26(40)11-42-23(19(38)22(26)33-2)44-21-15(35-24(39)27(41)9-16(27)36-25(31)32)8-13(30)17(18(21)37)20-14(34-7-3-6-28)5-4-12(10-29)43-20/h4,13-23,33-34,37-38,40-41H,3,5-11,28-30H2,1-2H3,(H,35,39)(H4,31,32,36). The second-order valence-electron chi connectivity index (χ2n) is 12.5. The normalized spacial score (nSPS) is 43.8. The fourth-order valence-electron chi connectivity index (χ4n) is 6.64. The summed E-state index contributed by atoms with van der Waals surface area (Å²) in [5.74, 6) is -1.16. The Morgan fingerprint density at radius 1 is 1.20 bits per heavy atom. The Balaban J connectivity index is 1.61. The average molecular weight is 630 g/mol. The van der Waals surface area contributed by atoms with Gasteiger partial charge in [-0.25, -0.2) is 4.99 Å². The van der Waals surface area contributed by atoms with Gasteiger partial charge >= 0.3 is 0 Å². The number of carbonyl (C=O) groups excluding carboxylic acids is 1. The lowest BCUT2D eigenvalue weighted by Crippen LogP contribution is -2.70. The van der Waals surface area contributed by atoms with E-state index in [1.54, 1.807) is 7.05 Å². The number of aliphatic imine (C=N–C) groups is 1. The molecule has 2 saturated carbocycles. The highest BCUT2D eigenvalue weighted by molar-refractivity contribution is 5.90. The van der Waals surface area contributed by atoms with Crippen LogP contribution in [0.15, 0.2) is 16.8 Å². The summed E-state index contributed by atoms with van der Waals surface area (Å²) >= 11 is 0. The molecule has 0 spiro atoms. The molecule has 3 fully saturated rings. The maximum Gasteiger partial charge on any atom is 0.254 e. The van der Waals surface area contributed by atoms with Gasteiger partial charge < -0.3 is 79.3 Å². The molecule has 2 heterocycles. The summed E-state index contributed by atoms with van der Waals surface area (Å²) in [5, 5.41) is 53.7. The fraction of sp³-hybridized carbons (Fsp3) is 0.852. The number of aliphatic hydroxyl groups excluding tert-OH is 2. The quantitative estimate of drug-likeness (QED) is 0.0544. The summed E-state index contributed by atoms with van der Waals surface area (Å²) in [4.78, 5) is 17.2. The molecule has 0 aromatic rings. The Kier molecular flexibility index (Phi) is 11.1. The summed E-state index contributed by atoms with van der Waals surface area (Å²) in [6.45, 7) is 2.62. The first-order chi connectivity index (χ1) is 20.8. The van der Waals surface area contributed by atoms with Gasteiger partial charge in [-0.2, -0.15) is 0 Å². The Labute approximate surface area is 256 Å². The van der Waals surface area contributed by atoms with Crippen molar-refractivity contribution in [3.63, 3.8) is 0 Å². The van der Waals surface area contributed by atoms with Crippen molar-refractivity contribution in [1.82, 2.24) is 16.0 Å². The number of hydrogen-bond donors (Lipinski definition) is 12. The van der Waals surface area contributed by atoms with Gasteiger partial charge in [0.1, 0.15) is 29.7 Å². The van der Waals surface area contributed by atoms with Crippen LogP contribution in [0.4, 0.5) is 0 Å². The number of nitrogens with one attached hydrogen (secondary N) is 3. The van der Waals surface area contributed by atoms with Crippen molar-refractivity contribution in [2.75, 3.05) is 33.3 Å². The first-order valence-electron chi connectivity index (χ1n) is 15.2. The van der Waals surface area contributed by atoms with Crippen LogP contribution in [0.3, 0.4) is 0 Å². The number of likely N-dealkylation sites (N-methyl/N-ethyl adjacent to an activating group) is 1. The van der Waals surface area contributed by atoms with Crippen LogP contribution in [-0.4, -0.2) is 138 Å². The zero-order chi connectivity index (χ0) is 32.4. The summed E-state index contributed by atoms with van der Waals surface area (Å²) in [7, 11) is 1.59. The van der Waals surface area contributed by atoms with Crippen LogP contribution >= 0.6 is 0 Å². The van der Waals surface area contributed by atoms with Crippen molar-refractivity contribution >= 4 is 11.9 Å². The first-order valence-corrected chi connectivity index (χ1v) is 15.2. The SMILES string of the molecule is CNC1C(O)C(OC2C(NC(=O)C3(O)CC3N=C(N)N)CC(N)C(C3OC(CN)=CCC3NCCCN)C2O)OCC1(C)O. The monoisotopic (exact) mass is 629 g/mol. The van der Waals surface area contributed by atoms with Crippen molar-refractivity contribution in [2.24, 2.45) is 39.6 Å². The van der Waals surface area contributed by atoms with Crippen LogP contribution in [0, 0.1) is 5.92 Å². The summed E-state index contributed by atoms with van der Waals surface area (Å²) in [6.07, 6.45) is -2.43. The molecule has 4 aliphatic rings. The van der Waals surface area contributed by atoms with E-state index in [1.807, 2.05) is 6.08 Å². The van der Waals surface area contributed by atoms with E-state index >= 15 is 0 Å². The lowest BCUT2D eigenvalue weighted by Gasteiger charge is -2.51. The van der Waals surface area contributed by atoms with E-state index in [4.69, 9.17) is 42.9 Å². The summed E-state index contributed by atoms with van der Waals surface area (Å²) < 4.78 is 18.2. The Hall–Kier alpha value is -2.16. The van der Waals surface area contributed by atoms with E-state index in [1.165, 1.54) is 6.92 Å². The largest absolute Gasteiger partial charge is 0.492 e. The molecule has 13 atom stereocenters. The Bertz CT molecular complexity index is 1060. The molecular formula is C27H51N9O8. The number of carbonyl (C=O) groups is 1. The second-order valence-corrected chi connectivity index (χ2v) is 12.5. The predicted molar refractivity (Wildman–Crippen MR) is 159 cm³/mol. The first kappa shape index (κ1) is 34.7. The average Bonchev–Trinajstić information content (AvgIpc) is 3.61. The van der Waals surface area contributed by atoms with Gasteiger partial charge in [0.05, 0.1) is 37.4 Å². The zero-order valence-electron chi connectivity index (χ0n) is 25.3. The van der Waals surface area contributed by atoms with Gasteiger partial charge in [-0.05, 0) is 52.4 Å². The smallest absolute Gasteiger partial charge is 0.254 e. The highest BCUT2D eigenvalue weighted by atomic mass is 16.7. The van der Waals surface area contributed by atoms with E-state index in [0.717, 1.165) is 6.42 Å². The fourth-order valence-corrected chi connectivity index (χ4v) is 6.64. The van der Waals surface area contributed by atoms with Gasteiger partial charge in [0, 0.05) is 24.4 Å². The van der Waals surface area contributed by atoms with Gasteiger partial charge in [-0.3, -0.25) is 4.79 Å². The molecule has 4 rings (SSSR count). The number of aliphatic hydroxyl groups is 4. The third kappa shape index (κ3) is 7.28. The molecule has 17 nitrogen and oxygen atoms in total. The highest BCUT2D eigenvalue weighted by Gasteiger charge is 2.61. The number of hydrogen-bond acceptors (Lipinski definition) is 14. The number of amides is 1. The van der Waals surface area contributed by atoms with E-state index in [2.05, 4.69) is 20.9 Å². The zero-order valence-corrected chi connectivity index (χ0v) is 25.3. The second kappa shape index (κ2) is 14.1. The topological polar surface area (TPSA) is 304 Å². The molecule has 2 aliphatic heterocycles. The van der Waals surface area contributed by atoms with Crippen LogP contribution < -0.4 is 44.6 Å². The maximum atomic E-state index is 13.3. The molecule has 0 aromatic carbocycles. The number of rotatable bonds is 12. The minimum Gasteiger partial charge on any atom is -0.492 e. The molecule has 1 amide bonds. The van der Waals surface area contributed by atoms with Crippen molar-refractivity contribution in [3.05, 3.63) is 11.8 Å². The number of guanidine groups is 1. The Morgan fingerprint density at radius 3 is 2.57 bits per heavy atom. The number of ether oxygens (including phenoxy) is 3. The minimum atomic E-state index is -1.84. The van der Waals surface area contributed by atoms with Gasteiger partial charge in [-0.1, -0.05) is 0 Å². The Morgan fingerprint density at radius 2 is 1.93 bits per heavy atom. The molecule has 44 heavy (non-hydrogen) atoms. The predicted octanol–water partition coefficient (Wildman–Crippen LogP) is -5.66. The van der Waals surface area contributed by atoms with E-state index < -0.39 is 77.9 Å². The van der Waals surface area contributed by atoms with Crippen molar-refractivity contribution in [1.29, 1.82) is 0 Å². The molecule has 0 aromatic heterocycles. The molecule has 2 aliphatic carbocycles. The lowest BCUT2D eigenvalue weighted by molar-refractivity contribution is -0.297. The van der Waals surface area contributed by atoms with Gasteiger partial charge in [0.2, 0.25) is 0 Å².